The number of carbonyl (C=O) groups excluding carboxylic acids is 1. The van der Waals surface area contributed by atoms with Crippen LogP contribution >= 0.6 is 0 Å². The van der Waals surface area contributed by atoms with Gasteiger partial charge in [0.1, 0.15) is 11.6 Å². The standard InChI is InChI=1S/C21H30N4O.C8H7F2NO.CH5N/c22-15-25-11-7-17(8-12-25)21(26)14-24-9-5-16(6-10-24)19-13-23-20-4-2-1-3-18(19)20;1-11-8(12)5-2-6(9)4-7(10)3-5;1-2/h1-4,13,15-17,21-23,26H,5-12,14H2;2-4H,1H3,(H,11,12);2H2,1H3. The van der Waals surface area contributed by atoms with Gasteiger partial charge in [0.15, 0.2) is 0 Å². The molecule has 2 fully saturated rings. The van der Waals surface area contributed by atoms with Crippen LogP contribution in [0.1, 0.15) is 47.5 Å². The minimum absolute atomic E-state index is 0.0185. The molecule has 3 aromatic rings. The Morgan fingerprint density at radius 3 is 2.33 bits per heavy atom. The molecule has 1 unspecified atom stereocenters. The summed E-state index contributed by atoms with van der Waals surface area (Å²) in [4.78, 5) is 18.8. The number of hydrogen-bond acceptors (Lipinski definition) is 5. The number of para-hydroxylation sites is 1. The first-order valence-electron chi connectivity index (χ1n) is 13.8. The Bertz CT molecular complexity index is 1200. The monoisotopic (exact) mass is 556 g/mol. The van der Waals surface area contributed by atoms with Crippen molar-refractivity contribution in [3.05, 3.63) is 71.4 Å². The van der Waals surface area contributed by atoms with Crippen molar-refractivity contribution in [3.63, 3.8) is 0 Å². The third-order valence-corrected chi connectivity index (χ3v) is 7.75. The summed E-state index contributed by atoms with van der Waals surface area (Å²) in [6.07, 6.45) is 7.73. The van der Waals surface area contributed by atoms with E-state index in [0.717, 1.165) is 57.7 Å². The number of β-amino-alcohol motifs (C(OH)–C–C–N with tert-alkyl or cyclic N) is 1. The highest BCUT2D eigenvalue weighted by Crippen LogP contribution is 2.33. The number of nitrogens with one attached hydrogen (secondary N) is 3. The lowest BCUT2D eigenvalue weighted by Gasteiger charge is -2.37. The van der Waals surface area contributed by atoms with Crippen molar-refractivity contribution in [1.82, 2.24) is 20.1 Å². The van der Waals surface area contributed by atoms with Gasteiger partial charge in [0, 0.05) is 55.4 Å². The molecule has 1 aromatic heterocycles. The second-order valence-corrected chi connectivity index (χ2v) is 10.2. The van der Waals surface area contributed by atoms with E-state index in [-0.39, 0.29) is 11.7 Å². The molecule has 1 amide bonds. The number of aromatic amines is 1. The number of amides is 1. The summed E-state index contributed by atoms with van der Waals surface area (Å²) in [7, 11) is 2.89. The number of piperidine rings is 2. The Labute approximate surface area is 235 Å². The van der Waals surface area contributed by atoms with Crippen molar-refractivity contribution in [2.24, 2.45) is 11.7 Å². The molecule has 0 aliphatic carbocycles. The number of aliphatic hydroxyl groups is 1. The van der Waals surface area contributed by atoms with Gasteiger partial charge in [-0.25, -0.2) is 8.78 Å². The molecule has 0 radical (unpaired) electrons. The molecule has 2 aromatic carbocycles. The third kappa shape index (κ3) is 8.33. The first kappa shape index (κ1) is 31.2. The van der Waals surface area contributed by atoms with Gasteiger partial charge in [-0.1, -0.05) is 18.2 Å². The quantitative estimate of drug-likeness (QED) is 0.233. The molecule has 0 bridgehead atoms. The fraction of sp³-hybridized carbons (Fsp3) is 0.467. The summed E-state index contributed by atoms with van der Waals surface area (Å²) in [6.45, 7) is 4.76. The van der Waals surface area contributed by atoms with Gasteiger partial charge in [0.05, 0.1) is 12.4 Å². The van der Waals surface area contributed by atoms with Gasteiger partial charge >= 0.3 is 0 Å². The van der Waals surface area contributed by atoms with E-state index < -0.39 is 17.5 Å². The van der Waals surface area contributed by atoms with Crippen molar-refractivity contribution in [3.8, 4) is 0 Å². The number of benzene rings is 2. The molecule has 8 nitrogen and oxygen atoms in total. The molecule has 0 spiro atoms. The van der Waals surface area contributed by atoms with E-state index >= 15 is 0 Å². The predicted octanol–water partition coefficient (Wildman–Crippen LogP) is 3.93. The number of carbonyl (C=O) groups is 1. The van der Waals surface area contributed by atoms with Gasteiger partial charge in [0.2, 0.25) is 0 Å². The summed E-state index contributed by atoms with van der Waals surface area (Å²) in [6, 6.07) is 11.2. The van der Waals surface area contributed by atoms with Crippen LogP contribution in [0.3, 0.4) is 0 Å². The molecular formula is C30H42F2N6O2. The van der Waals surface area contributed by atoms with E-state index in [9.17, 15) is 18.7 Å². The SMILES string of the molecule is CN.CNC(=O)c1cc(F)cc(F)c1.N=CN1CCC(C(O)CN2CCC(c3c[nH]c4ccccc34)CC2)CC1. The first-order chi connectivity index (χ1) is 19.4. The summed E-state index contributed by atoms with van der Waals surface area (Å²) >= 11 is 0. The van der Waals surface area contributed by atoms with Gasteiger partial charge in [-0.05, 0) is 81.4 Å². The molecule has 10 heteroatoms. The number of H-pyrrole nitrogens is 1. The van der Waals surface area contributed by atoms with Crippen molar-refractivity contribution in [2.75, 3.05) is 46.8 Å². The molecule has 3 heterocycles. The largest absolute Gasteiger partial charge is 0.392 e. The van der Waals surface area contributed by atoms with Crippen LogP contribution in [-0.2, 0) is 0 Å². The van der Waals surface area contributed by atoms with E-state index in [4.69, 9.17) is 5.41 Å². The number of fused-ring (bicyclic) bond motifs is 1. The molecule has 0 saturated carbocycles. The van der Waals surface area contributed by atoms with Crippen LogP contribution < -0.4 is 11.1 Å². The number of likely N-dealkylation sites (tertiary alicyclic amines) is 2. The van der Waals surface area contributed by atoms with Gasteiger partial charge in [-0.15, -0.1) is 0 Å². The van der Waals surface area contributed by atoms with Crippen molar-refractivity contribution in [2.45, 2.75) is 37.7 Å². The zero-order valence-corrected chi connectivity index (χ0v) is 23.4. The number of rotatable bonds is 6. The predicted molar refractivity (Wildman–Crippen MR) is 156 cm³/mol. The van der Waals surface area contributed by atoms with E-state index in [1.807, 2.05) is 4.90 Å². The maximum atomic E-state index is 12.5. The molecule has 1 atom stereocenters. The lowest BCUT2D eigenvalue weighted by molar-refractivity contribution is 0.0345. The average molecular weight is 557 g/mol. The Morgan fingerprint density at radius 2 is 1.73 bits per heavy atom. The molecule has 40 heavy (non-hydrogen) atoms. The van der Waals surface area contributed by atoms with Gasteiger partial charge in [-0.2, -0.15) is 0 Å². The number of hydrogen-bond donors (Lipinski definition) is 5. The fourth-order valence-electron chi connectivity index (χ4n) is 5.53. The lowest BCUT2D eigenvalue weighted by atomic mass is 9.87. The van der Waals surface area contributed by atoms with Crippen molar-refractivity contribution in [1.29, 1.82) is 5.41 Å². The lowest BCUT2D eigenvalue weighted by Crippen LogP contribution is -2.44. The van der Waals surface area contributed by atoms with Gasteiger partial charge in [-0.3, -0.25) is 10.2 Å². The smallest absolute Gasteiger partial charge is 0.251 e. The Balaban J connectivity index is 0.000000265. The minimum atomic E-state index is -0.756. The van der Waals surface area contributed by atoms with Crippen LogP contribution in [0.25, 0.3) is 10.9 Å². The molecular weight excluding hydrogens is 514 g/mol. The molecule has 218 valence electrons. The van der Waals surface area contributed by atoms with Crippen LogP contribution in [-0.4, -0.2) is 85.1 Å². The number of halogens is 2. The number of aromatic nitrogens is 1. The first-order valence-corrected chi connectivity index (χ1v) is 13.8. The number of aliphatic hydroxyl groups excluding tert-OH is 1. The van der Waals surface area contributed by atoms with E-state index in [1.165, 1.54) is 49.7 Å². The van der Waals surface area contributed by atoms with Crippen LogP contribution in [0, 0.1) is 23.0 Å². The van der Waals surface area contributed by atoms with Gasteiger partial charge < -0.3 is 30.9 Å². The van der Waals surface area contributed by atoms with Crippen molar-refractivity contribution >= 4 is 23.1 Å². The maximum Gasteiger partial charge on any atom is 0.251 e. The van der Waals surface area contributed by atoms with Crippen LogP contribution in [0.2, 0.25) is 0 Å². The van der Waals surface area contributed by atoms with Gasteiger partial charge in [0.25, 0.3) is 5.91 Å². The number of nitrogens with zero attached hydrogens (tertiary/aromatic N) is 2. The molecule has 2 saturated heterocycles. The molecule has 2 aliphatic rings. The molecule has 6 N–H and O–H groups in total. The van der Waals surface area contributed by atoms with Crippen LogP contribution in [0.15, 0.2) is 48.7 Å². The topological polar surface area (TPSA) is 121 Å². The van der Waals surface area contributed by atoms with Crippen LogP contribution in [0.4, 0.5) is 8.78 Å². The van der Waals surface area contributed by atoms with E-state index in [2.05, 4.69) is 51.4 Å². The van der Waals surface area contributed by atoms with E-state index in [0.29, 0.717) is 17.9 Å². The molecule has 5 rings (SSSR count). The maximum absolute atomic E-state index is 12.5. The summed E-state index contributed by atoms with van der Waals surface area (Å²) < 4.78 is 25.0. The highest BCUT2D eigenvalue weighted by atomic mass is 19.1. The van der Waals surface area contributed by atoms with Crippen LogP contribution in [0.5, 0.6) is 0 Å². The zero-order chi connectivity index (χ0) is 29.1. The van der Waals surface area contributed by atoms with E-state index in [1.54, 1.807) is 0 Å². The summed E-state index contributed by atoms with van der Waals surface area (Å²) in [5.41, 5.74) is 7.17. The number of nitrogens with two attached hydrogens (primary N) is 1. The summed E-state index contributed by atoms with van der Waals surface area (Å²) in [5, 5.41) is 21.6. The minimum Gasteiger partial charge on any atom is -0.392 e. The molecule has 2 aliphatic heterocycles. The third-order valence-electron chi connectivity index (χ3n) is 7.75. The second kappa shape index (κ2) is 15.4. The normalized spacial score (nSPS) is 17.3. The Morgan fingerprint density at radius 1 is 1.10 bits per heavy atom. The Hall–Kier alpha value is -3.34. The highest BCUT2D eigenvalue weighted by Gasteiger charge is 2.28. The fourth-order valence-corrected chi connectivity index (χ4v) is 5.53. The second-order valence-electron chi connectivity index (χ2n) is 10.2. The average Bonchev–Trinajstić information content (AvgIpc) is 3.42. The zero-order valence-electron chi connectivity index (χ0n) is 23.4. The Kier molecular flexibility index (Phi) is 12.0. The van der Waals surface area contributed by atoms with Crippen molar-refractivity contribution < 1.29 is 18.7 Å². The highest BCUT2D eigenvalue weighted by molar-refractivity contribution is 5.93. The summed E-state index contributed by atoms with van der Waals surface area (Å²) in [5.74, 6) is -1.01.